The molecule has 21 heavy (non-hydrogen) atoms. The van der Waals surface area contributed by atoms with Gasteiger partial charge in [-0.1, -0.05) is 24.3 Å². The molecule has 0 N–H and O–H groups in total. The van der Waals surface area contributed by atoms with Crippen LogP contribution in [0.5, 0.6) is 0 Å². The molecule has 0 saturated heterocycles. The van der Waals surface area contributed by atoms with Gasteiger partial charge in [-0.2, -0.15) is 5.26 Å². The van der Waals surface area contributed by atoms with E-state index < -0.39 is 0 Å². The topological polar surface area (TPSA) is 27.0 Å². The van der Waals surface area contributed by atoms with E-state index in [0.29, 0.717) is 12.1 Å². The van der Waals surface area contributed by atoms with Crippen molar-refractivity contribution in [3.05, 3.63) is 70.5 Å². The molecule has 3 heteroatoms. The lowest BCUT2D eigenvalue weighted by atomic mass is 10.0. The van der Waals surface area contributed by atoms with E-state index in [1.807, 2.05) is 6.07 Å². The van der Waals surface area contributed by atoms with Crippen LogP contribution in [0.25, 0.3) is 0 Å². The first-order valence-electron chi connectivity index (χ1n) is 7.23. The summed E-state index contributed by atoms with van der Waals surface area (Å²) in [5.41, 5.74) is 4.09. The van der Waals surface area contributed by atoms with Crippen LogP contribution < -0.4 is 0 Å². The van der Waals surface area contributed by atoms with Crippen molar-refractivity contribution in [2.24, 2.45) is 0 Å². The van der Waals surface area contributed by atoms with Gasteiger partial charge >= 0.3 is 0 Å². The van der Waals surface area contributed by atoms with E-state index in [0.717, 1.165) is 31.5 Å². The quantitative estimate of drug-likeness (QED) is 0.844. The molecule has 0 bridgehead atoms. The number of halogens is 1. The molecular weight excluding hydrogens is 263 g/mol. The first-order valence-corrected chi connectivity index (χ1v) is 7.23. The van der Waals surface area contributed by atoms with Crippen molar-refractivity contribution in [3.8, 4) is 6.07 Å². The lowest BCUT2D eigenvalue weighted by Crippen LogP contribution is -2.26. The zero-order valence-corrected chi connectivity index (χ0v) is 11.8. The van der Waals surface area contributed by atoms with Gasteiger partial charge in [0.2, 0.25) is 0 Å². The summed E-state index contributed by atoms with van der Waals surface area (Å²) in [6.07, 6.45) is 2.05. The average molecular weight is 280 g/mol. The van der Waals surface area contributed by atoms with Crippen LogP contribution in [0, 0.1) is 17.1 Å². The van der Waals surface area contributed by atoms with Crippen LogP contribution in [0.3, 0.4) is 0 Å². The molecule has 2 aromatic carbocycles. The van der Waals surface area contributed by atoms with Gasteiger partial charge < -0.3 is 0 Å². The van der Waals surface area contributed by atoms with Crippen LogP contribution in [-0.2, 0) is 19.4 Å². The van der Waals surface area contributed by atoms with E-state index in [1.165, 1.54) is 23.3 Å². The maximum Gasteiger partial charge on any atom is 0.124 e. The van der Waals surface area contributed by atoms with E-state index in [1.54, 1.807) is 6.07 Å². The van der Waals surface area contributed by atoms with E-state index in [9.17, 15) is 4.39 Å². The first kappa shape index (κ1) is 13.8. The second kappa shape index (κ2) is 6.07. The zero-order valence-electron chi connectivity index (χ0n) is 11.8. The summed E-state index contributed by atoms with van der Waals surface area (Å²) < 4.78 is 13.5. The Hall–Kier alpha value is -2.18. The van der Waals surface area contributed by atoms with Crippen LogP contribution >= 0.6 is 0 Å². The minimum absolute atomic E-state index is 0.331. The third-order valence-corrected chi connectivity index (χ3v) is 4.01. The molecule has 3 rings (SSSR count). The minimum atomic E-state index is -0.331. The number of benzene rings is 2. The number of nitriles is 1. The summed E-state index contributed by atoms with van der Waals surface area (Å²) in [5.74, 6) is -0.331. The van der Waals surface area contributed by atoms with Crippen molar-refractivity contribution in [1.82, 2.24) is 4.90 Å². The van der Waals surface area contributed by atoms with Gasteiger partial charge in [0, 0.05) is 19.6 Å². The number of hydrogen-bond donors (Lipinski definition) is 0. The fourth-order valence-corrected chi connectivity index (χ4v) is 2.94. The van der Waals surface area contributed by atoms with Crippen LogP contribution in [0.15, 0.2) is 42.5 Å². The lowest BCUT2D eigenvalue weighted by Gasteiger charge is -2.19. The predicted octanol–water partition coefficient (Wildman–Crippen LogP) is 3.30. The van der Waals surface area contributed by atoms with Gasteiger partial charge in [-0.05, 0) is 47.7 Å². The molecule has 2 nitrogen and oxygen atoms in total. The molecule has 1 aliphatic rings. The molecular formula is C18H17FN2. The van der Waals surface area contributed by atoms with Gasteiger partial charge in [0.1, 0.15) is 5.82 Å². The van der Waals surface area contributed by atoms with Crippen molar-refractivity contribution < 1.29 is 4.39 Å². The Morgan fingerprint density at radius 1 is 1.05 bits per heavy atom. The average Bonchev–Trinajstić information content (AvgIpc) is 2.69. The van der Waals surface area contributed by atoms with Crippen molar-refractivity contribution in [3.63, 3.8) is 0 Å². The van der Waals surface area contributed by atoms with Crippen molar-refractivity contribution in [2.75, 3.05) is 13.1 Å². The molecule has 0 unspecified atom stereocenters. The molecule has 0 aliphatic carbocycles. The van der Waals surface area contributed by atoms with Gasteiger partial charge in [-0.3, -0.25) is 4.90 Å². The van der Waals surface area contributed by atoms with E-state index >= 15 is 0 Å². The molecule has 0 spiro atoms. The Balaban J connectivity index is 1.73. The Bertz CT molecular complexity index is 661. The van der Waals surface area contributed by atoms with Gasteiger partial charge in [-0.25, -0.2) is 4.39 Å². The standard InChI is InChI=1S/C18H17FN2/c19-18-10-14(12-20)9-15(11-18)13-21-7-5-16-3-1-2-4-17(16)6-8-21/h1-4,9-11H,5-8,13H2. The van der Waals surface area contributed by atoms with Gasteiger partial charge in [-0.15, -0.1) is 0 Å². The Morgan fingerprint density at radius 3 is 2.33 bits per heavy atom. The highest BCUT2D eigenvalue weighted by atomic mass is 19.1. The van der Waals surface area contributed by atoms with Crippen molar-refractivity contribution >= 4 is 0 Å². The Morgan fingerprint density at radius 2 is 1.71 bits per heavy atom. The molecule has 0 amide bonds. The highest BCUT2D eigenvalue weighted by Crippen LogP contribution is 2.18. The number of rotatable bonds is 2. The lowest BCUT2D eigenvalue weighted by molar-refractivity contribution is 0.279. The molecule has 2 aromatic rings. The van der Waals surface area contributed by atoms with Gasteiger partial charge in [0.25, 0.3) is 0 Å². The zero-order chi connectivity index (χ0) is 14.7. The highest BCUT2D eigenvalue weighted by Gasteiger charge is 2.14. The van der Waals surface area contributed by atoms with E-state index in [-0.39, 0.29) is 5.82 Å². The molecule has 0 aromatic heterocycles. The number of nitrogens with zero attached hydrogens (tertiary/aromatic N) is 2. The largest absolute Gasteiger partial charge is 0.298 e. The molecule has 0 fully saturated rings. The maximum atomic E-state index is 13.5. The Labute approximate surface area is 124 Å². The molecule has 0 radical (unpaired) electrons. The second-order valence-electron chi connectivity index (χ2n) is 5.50. The fourth-order valence-electron chi connectivity index (χ4n) is 2.94. The Kier molecular flexibility index (Phi) is 3.98. The van der Waals surface area contributed by atoms with Crippen LogP contribution in [-0.4, -0.2) is 18.0 Å². The summed E-state index contributed by atoms with van der Waals surface area (Å²) in [6, 6.07) is 15.1. The van der Waals surface area contributed by atoms with Crippen LogP contribution in [0.2, 0.25) is 0 Å². The van der Waals surface area contributed by atoms with Gasteiger partial charge in [0.15, 0.2) is 0 Å². The smallest absolute Gasteiger partial charge is 0.124 e. The molecule has 106 valence electrons. The minimum Gasteiger partial charge on any atom is -0.298 e. The van der Waals surface area contributed by atoms with Crippen molar-refractivity contribution in [1.29, 1.82) is 5.26 Å². The predicted molar refractivity (Wildman–Crippen MR) is 80.2 cm³/mol. The third-order valence-electron chi connectivity index (χ3n) is 4.01. The fraction of sp³-hybridized carbons (Fsp3) is 0.278. The van der Waals surface area contributed by atoms with Crippen LogP contribution in [0.4, 0.5) is 4.39 Å². The SMILES string of the molecule is N#Cc1cc(F)cc(CN2CCc3ccccc3CC2)c1. The second-order valence-corrected chi connectivity index (χ2v) is 5.50. The number of fused-ring (bicyclic) bond motifs is 1. The van der Waals surface area contributed by atoms with Crippen molar-refractivity contribution in [2.45, 2.75) is 19.4 Å². The maximum absolute atomic E-state index is 13.5. The summed E-state index contributed by atoms with van der Waals surface area (Å²) in [5, 5.41) is 8.93. The monoisotopic (exact) mass is 280 g/mol. The van der Waals surface area contributed by atoms with Crippen LogP contribution in [0.1, 0.15) is 22.3 Å². The molecule has 1 heterocycles. The molecule has 0 atom stereocenters. The summed E-state index contributed by atoms with van der Waals surface area (Å²) >= 11 is 0. The van der Waals surface area contributed by atoms with E-state index in [4.69, 9.17) is 5.26 Å². The summed E-state index contributed by atoms with van der Waals surface area (Å²) in [6.45, 7) is 2.63. The summed E-state index contributed by atoms with van der Waals surface area (Å²) in [4.78, 5) is 2.33. The molecule has 1 aliphatic heterocycles. The first-order chi connectivity index (χ1) is 10.2. The third kappa shape index (κ3) is 3.29. The normalized spacial score (nSPS) is 15.0. The van der Waals surface area contributed by atoms with E-state index in [2.05, 4.69) is 29.2 Å². The molecule has 0 saturated carbocycles. The summed E-state index contributed by atoms with van der Waals surface area (Å²) in [7, 11) is 0. The highest BCUT2D eigenvalue weighted by molar-refractivity contribution is 5.34. The van der Waals surface area contributed by atoms with Gasteiger partial charge in [0.05, 0.1) is 11.6 Å². The number of hydrogen-bond acceptors (Lipinski definition) is 2.